The number of carbonyl (C=O) groups is 1. The van der Waals surface area contributed by atoms with Gasteiger partial charge in [0.15, 0.2) is 9.84 Å². The highest BCUT2D eigenvalue weighted by atomic mass is 35.5. The molecule has 1 unspecified atom stereocenters. The molecule has 0 aliphatic carbocycles. The summed E-state index contributed by atoms with van der Waals surface area (Å²) < 4.78 is 60.5. The fourth-order valence-corrected chi connectivity index (χ4v) is 4.80. The van der Waals surface area contributed by atoms with Gasteiger partial charge in [-0.25, -0.2) is 22.0 Å². The summed E-state index contributed by atoms with van der Waals surface area (Å²) in [7, 11) is -1.17. The van der Waals surface area contributed by atoms with Gasteiger partial charge in [-0.2, -0.15) is 0 Å². The van der Waals surface area contributed by atoms with Gasteiger partial charge >= 0.3 is 6.09 Å². The van der Waals surface area contributed by atoms with Gasteiger partial charge in [-0.3, -0.25) is 4.98 Å². The van der Waals surface area contributed by atoms with Crippen LogP contribution in [-0.2, 0) is 21.2 Å². The van der Waals surface area contributed by atoms with Gasteiger partial charge in [-0.05, 0) is 48.5 Å². The first kappa shape index (κ1) is 23.6. The number of pyridine rings is 1. The van der Waals surface area contributed by atoms with Crippen molar-refractivity contribution in [3.63, 3.8) is 0 Å². The Morgan fingerprint density at radius 3 is 2.38 bits per heavy atom. The molecule has 0 aliphatic rings. The molecule has 32 heavy (non-hydrogen) atoms. The van der Waals surface area contributed by atoms with Gasteiger partial charge in [0.1, 0.15) is 23.5 Å². The summed E-state index contributed by atoms with van der Waals surface area (Å²) in [5, 5.41) is -1.29. The van der Waals surface area contributed by atoms with Crippen LogP contribution in [0.3, 0.4) is 0 Å². The molecule has 0 saturated carbocycles. The van der Waals surface area contributed by atoms with E-state index in [9.17, 15) is 22.0 Å². The molecule has 2 aromatic carbocycles. The Hall–Kier alpha value is -3.04. The van der Waals surface area contributed by atoms with Crippen molar-refractivity contribution >= 4 is 27.5 Å². The number of rotatable bonds is 6. The van der Waals surface area contributed by atoms with E-state index < -0.39 is 32.8 Å². The van der Waals surface area contributed by atoms with Crippen LogP contribution in [0.2, 0.25) is 5.02 Å². The predicted octanol–water partition coefficient (Wildman–Crippen LogP) is 4.77. The van der Waals surface area contributed by atoms with Crippen LogP contribution in [-0.4, -0.2) is 38.5 Å². The predicted molar refractivity (Wildman–Crippen MR) is 115 cm³/mol. The van der Waals surface area contributed by atoms with Crippen LogP contribution >= 0.6 is 11.6 Å². The van der Waals surface area contributed by atoms with Gasteiger partial charge in [0, 0.05) is 36.4 Å². The molecule has 3 rings (SSSR count). The molecule has 1 heterocycles. The molecule has 0 N–H and O–H groups in total. The first-order valence-electron chi connectivity index (χ1n) is 9.33. The van der Waals surface area contributed by atoms with E-state index in [2.05, 4.69) is 4.98 Å². The molecule has 0 aliphatic heterocycles. The third-order valence-electron chi connectivity index (χ3n) is 4.54. The van der Waals surface area contributed by atoms with Gasteiger partial charge in [-0.1, -0.05) is 17.7 Å². The Kier molecular flexibility index (Phi) is 7.10. The smallest absolute Gasteiger partial charge is 0.409 e. The zero-order valence-corrected chi connectivity index (χ0v) is 18.7. The van der Waals surface area contributed by atoms with E-state index in [4.69, 9.17) is 16.3 Å². The van der Waals surface area contributed by atoms with Crippen molar-refractivity contribution in [2.45, 2.75) is 16.8 Å². The van der Waals surface area contributed by atoms with Gasteiger partial charge in [-0.15, -0.1) is 0 Å². The van der Waals surface area contributed by atoms with E-state index in [0.717, 1.165) is 18.2 Å². The van der Waals surface area contributed by atoms with Crippen LogP contribution in [0.25, 0.3) is 0 Å². The number of nitrogens with zero attached hydrogens (tertiary/aromatic N) is 2. The van der Waals surface area contributed by atoms with Crippen molar-refractivity contribution in [2.24, 2.45) is 0 Å². The van der Waals surface area contributed by atoms with Gasteiger partial charge in [0.05, 0.1) is 10.6 Å². The summed E-state index contributed by atoms with van der Waals surface area (Å²) in [6.45, 7) is -0.0901. The molecule has 1 amide bonds. The average molecular weight is 481 g/mol. The summed E-state index contributed by atoms with van der Waals surface area (Å²) in [6.07, 6.45) is 0.763. The summed E-state index contributed by atoms with van der Waals surface area (Å²) in [5.41, 5.74) is 0.0951. The van der Waals surface area contributed by atoms with Gasteiger partial charge < -0.3 is 9.64 Å². The zero-order valence-electron chi connectivity index (χ0n) is 17.1. The summed E-state index contributed by atoms with van der Waals surface area (Å²) >= 11 is 5.85. The van der Waals surface area contributed by atoms with Crippen molar-refractivity contribution in [2.75, 3.05) is 14.1 Å². The number of ether oxygens (including phenoxy) is 1. The Balaban J connectivity index is 2.04. The first-order valence-corrected chi connectivity index (χ1v) is 11.3. The van der Waals surface area contributed by atoms with E-state index in [1.54, 1.807) is 0 Å². The first-order chi connectivity index (χ1) is 15.1. The van der Waals surface area contributed by atoms with Gasteiger partial charge in [0.25, 0.3) is 0 Å². The maximum atomic E-state index is 14.6. The molecule has 6 nitrogen and oxygen atoms in total. The summed E-state index contributed by atoms with van der Waals surface area (Å²) in [5.74, 6) is -1.68. The molecule has 0 saturated heterocycles. The van der Waals surface area contributed by atoms with Crippen molar-refractivity contribution in [3.8, 4) is 0 Å². The average Bonchev–Trinajstić information content (AvgIpc) is 2.75. The largest absolute Gasteiger partial charge is 0.444 e. The minimum absolute atomic E-state index is 0.0212. The molecule has 168 valence electrons. The van der Waals surface area contributed by atoms with E-state index in [1.165, 1.54) is 61.6 Å². The van der Waals surface area contributed by atoms with Crippen molar-refractivity contribution in [3.05, 3.63) is 94.3 Å². The van der Waals surface area contributed by atoms with Crippen LogP contribution in [0.5, 0.6) is 0 Å². The second kappa shape index (κ2) is 9.62. The number of halogens is 3. The molecule has 10 heteroatoms. The van der Waals surface area contributed by atoms with Crippen LogP contribution in [0.4, 0.5) is 13.6 Å². The minimum atomic E-state index is -4.23. The SMILES string of the molecule is CN(C)C(=O)OCc1ccc(C(c2cc(F)ccc2F)S(=O)(=O)c2ccc(Cl)cc2)nc1. The second-order valence-electron chi connectivity index (χ2n) is 7.09. The quantitative estimate of drug-likeness (QED) is 0.507. The Morgan fingerprint density at radius 2 is 1.78 bits per heavy atom. The minimum Gasteiger partial charge on any atom is -0.444 e. The van der Waals surface area contributed by atoms with E-state index in [-0.39, 0.29) is 22.8 Å². The normalized spacial score (nSPS) is 12.3. The molecular formula is C22H19ClF2N2O4S. The lowest BCUT2D eigenvalue weighted by atomic mass is 10.1. The van der Waals surface area contributed by atoms with E-state index in [0.29, 0.717) is 10.6 Å². The van der Waals surface area contributed by atoms with Crippen LogP contribution in [0.15, 0.2) is 65.7 Å². The van der Waals surface area contributed by atoms with Crippen LogP contribution in [0, 0.1) is 11.6 Å². The number of aromatic nitrogens is 1. The monoisotopic (exact) mass is 480 g/mol. The maximum Gasteiger partial charge on any atom is 0.409 e. The molecule has 1 atom stereocenters. The number of carbonyl (C=O) groups excluding carboxylic acids is 1. The highest BCUT2D eigenvalue weighted by Gasteiger charge is 2.34. The number of hydrogen-bond donors (Lipinski definition) is 0. The molecule has 0 bridgehead atoms. The molecule has 0 radical (unpaired) electrons. The molecule has 0 fully saturated rings. The number of hydrogen-bond acceptors (Lipinski definition) is 5. The highest BCUT2D eigenvalue weighted by Crippen LogP contribution is 2.36. The maximum absolute atomic E-state index is 14.6. The van der Waals surface area contributed by atoms with Crippen LogP contribution in [0.1, 0.15) is 22.1 Å². The lowest BCUT2D eigenvalue weighted by Crippen LogP contribution is -2.22. The lowest BCUT2D eigenvalue weighted by Gasteiger charge is -2.19. The lowest BCUT2D eigenvalue weighted by molar-refractivity contribution is 0.112. The third-order valence-corrected chi connectivity index (χ3v) is 6.83. The standard InChI is InChI=1S/C22H19ClF2N2O4S/c1-27(2)22(28)31-13-14-3-10-20(26-12-14)21(18-11-16(24)6-9-19(18)25)32(29,30)17-7-4-15(23)5-8-17/h3-12,21H,13H2,1-2H3. The number of sulfone groups is 1. The molecular weight excluding hydrogens is 462 g/mol. The Bertz CT molecular complexity index is 1220. The van der Waals surface area contributed by atoms with Gasteiger partial charge in [0.2, 0.25) is 0 Å². The highest BCUT2D eigenvalue weighted by molar-refractivity contribution is 7.91. The number of benzene rings is 2. The molecule has 0 spiro atoms. The summed E-state index contributed by atoms with van der Waals surface area (Å²) in [4.78, 5) is 16.9. The zero-order chi connectivity index (χ0) is 23.5. The van der Waals surface area contributed by atoms with Crippen molar-refractivity contribution in [1.29, 1.82) is 0 Å². The third kappa shape index (κ3) is 5.23. The summed E-state index contributed by atoms with van der Waals surface area (Å²) in [6, 6.07) is 10.8. The van der Waals surface area contributed by atoms with E-state index in [1.807, 2.05) is 0 Å². The van der Waals surface area contributed by atoms with Crippen LogP contribution < -0.4 is 0 Å². The Labute approximate surface area is 189 Å². The second-order valence-corrected chi connectivity index (χ2v) is 9.55. The molecule has 3 aromatic rings. The topological polar surface area (TPSA) is 76.6 Å². The Morgan fingerprint density at radius 1 is 1.09 bits per heavy atom. The number of amides is 1. The van der Waals surface area contributed by atoms with Crippen molar-refractivity contribution < 1.29 is 26.7 Å². The van der Waals surface area contributed by atoms with E-state index >= 15 is 0 Å². The fourth-order valence-electron chi connectivity index (χ4n) is 2.91. The molecule has 1 aromatic heterocycles. The van der Waals surface area contributed by atoms with Crippen molar-refractivity contribution in [1.82, 2.24) is 9.88 Å². The fraction of sp³-hybridized carbons (Fsp3) is 0.182.